The summed E-state index contributed by atoms with van der Waals surface area (Å²) in [6.45, 7) is 7.42. The maximum absolute atomic E-state index is 12.2. The summed E-state index contributed by atoms with van der Waals surface area (Å²) in [6.07, 6.45) is -0.00815. The Balaban J connectivity index is 1.67. The van der Waals surface area contributed by atoms with Gasteiger partial charge in [-0.1, -0.05) is 63.2 Å². The summed E-state index contributed by atoms with van der Waals surface area (Å²) >= 11 is 0. The van der Waals surface area contributed by atoms with Crippen molar-refractivity contribution in [1.82, 2.24) is 0 Å². The Hall–Kier alpha value is -2.82. The maximum atomic E-state index is 12.2. The number of aliphatic hydroxyl groups is 1. The van der Waals surface area contributed by atoms with Crippen molar-refractivity contribution in [1.29, 1.82) is 0 Å². The average molecular weight is 587 g/mol. The van der Waals surface area contributed by atoms with Gasteiger partial charge >= 0.3 is 5.97 Å². The largest absolute Gasteiger partial charge is 0.497 e. The molecular weight excluding hydrogens is 540 g/mol. The minimum absolute atomic E-state index is 0.0452. The highest BCUT2D eigenvalue weighted by Crippen LogP contribution is 2.46. The first kappa shape index (κ1) is 33.7. The Morgan fingerprint density at radius 3 is 2.31 bits per heavy atom. The Bertz CT molecular complexity index is 1060. The Labute approximate surface area is 249 Å². The van der Waals surface area contributed by atoms with Gasteiger partial charge in [-0.3, -0.25) is 4.79 Å². The van der Waals surface area contributed by atoms with Gasteiger partial charge in [-0.15, -0.1) is 0 Å². The van der Waals surface area contributed by atoms with Gasteiger partial charge in [0, 0.05) is 31.1 Å². The molecule has 9 heteroatoms. The summed E-state index contributed by atoms with van der Waals surface area (Å²) in [6, 6.07) is 17.4. The fourth-order valence-electron chi connectivity index (χ4n) is 5.17. The molecule has 2 aromatic carbocycles. The van der Waals surface area contributed by atoms with Crippen LogP contribution in [0, 0.1) is 5.41 Å². The summed E-state index contributed by atoms with van der Waals surface area (Å²) in [4.78, 5) is 23.8. The SMILES string of the molecule is CCC(=O)O[C@@H](CCOCc1ccc(OC)cc1)C[C@@H](O)C[C@H](OCc1ccccc1)C(C)(C)C1(CC=O)OCCO1. The van der Waals surface area contributed by atoms with Crippen LogP contribution in [0.2, 0.25) is 0 Å². The van der Waals surface area contributed by atoms with E-state index in [1.807, 2.05) is 68.4 Å². The third-order valence-corrected chi connectivity index (χ3v) is 7.81. The molecule has 42 heavy (non-hydrogen) atoms. The lowest BCUT2D eigenvalue weighted by molar-refractivity contribution is -0.263. The van der Waals surface area contributed by atoms with E-state index >= 15 is 0 Å². The number of methoxy groups -OCH3 is 1. The molecule has 9 nitrogen and oxygen atoms in total. The lowest BCUT2D eigenvalue weighted by Gasteiger charge is -2.46. The van der Waals surface area contributed by atoms with Crippen LogP contribution in [0.25, 0.3) is 0 Å². The van der Waals surface area contributed by atoms with Crippen LogP contribution in [0.15, 0.2) is 54.6 Å². The van der Waals surface area contributed by atoms with Gasteiger partial charge in [-0.05, 0) is 23.3 Å². The molecule has 1 fully saturated rings. The number of hydrogen-bond acceptors (Lipinski definition) is 9. The van der Waals surface area contributed by atoms with Crippen molar-refractivity contribution in [2.24, 2.45) is 5.41 Å². The molecule has 1 heterocycles. The molecule has 232 valence electrons. The highest BCUT2D eigenvalue weighted by atomic mass is 16.7. The lowest BCUT2D eigenvalue weighted by atomic mass is 9.74. The number of benzene rings is 2. The first-order valence-corrected chi connectivity index (χ1v) is 14.7. The van der Waals surface area contributed by atoms with Crippen LogP contribution < -0.4 is 4.74 Å². The third-order valence-electron chi connectivity index (χ3n) is 7.81. The fraction of sp³-hybridized carbons (Fsp3) is 0.576. The van der Waals surface area contributed by atoms with E-state index in [0.717, 1.165) is 23.2 Å². The van der Waals surface area contributed by atoms with E-state index in [1.54, 1.807) is 14.0 Å². The molecule has 0 bridgehead atoms. The Morgan fingerprint density at radius 1 is 1.02 bits per heavy atom. The fourth-order valence-corrected chi connectivity index (χ4v) is 5.17. The van der Waals surface area contributed by atoms with Gasteiger partial charge < -0.3 is 38.3 Å². The highest BCUT2D eigenvalue weighted by molar-refractivity contribution is 5.69. The summed E-state index contributed by atoms with van der Waals surface area (Å²) < 4.78 is 35.2. The van der Waals surface area contributed by atoms with E-state index in [0.29, 0.717) is 39.5 Å². The normalized spacial score (nSPS) is 16.9. The van der Waals surface area contributed by atoms with Gasteiger partial charge in [-0.25, -0.2) is 0 Å². The number of hydrogen-bond donors (Lipinski definition) is 1. The van der Waals surface area contributed by atoms with Crippen molar-refractivity contribution < 1.29 is 43.1 Å². The first-order valence-electron chi connectivity index (χ1n) is 14.7. The van der Waals surface area contributed by atoms with E-state index < -0.39 is 29.5 Å². The first-order chi connectivity index (χ1) is 20.2. The molecule has 1 N–H and O–H groups in total. The van der Waals surface area contributed by atoms with Crippen molar-refractivity contribution in [3.05, 3.63) is 65.7 Å². The van der Waals surface area contributed by atoms with Crippen molar-refractivity contribution in [3.8, 4) is 5.75 Å². The topological polar surface area (TPSA) is 110 Å². The van der Waals surface area contributed by atoms with E-state index in [-0.39, 0.29) is 31.7 Å². The van der Waals surface area contributed by atoms with Crippen LogP contribution in [0.1, 0.15) is 64.0 Å². The summed E-state index contributed by atoms with van der Waals surface area (Å²) in [5, 5.41) is 11.3. The summed E-state index contributed by atoms with van der Waals surface area (Å²) in [5.41, 5.74) is 1.19. The molecule has 3 rings (SSSR count). The minimum atomic E-state index is -1.17. The predicted octanol–water partition coefficient (Wildman–Crippen LogP) is 5.01. The minimum Gasteiger partial charge on any atom is -0.497 e. The van der Waals surface area contributed by atoms with Crippen LogP contribution in [-0.4, -0.2) is 68.4 Å². The number of aliphatic hydroxyl groups excluding tert-OH is 1. The summed E-state index contributed by atoms with van der Waals surface area (Å²) in [5.74, 6) is -0.729. The molecule has 3 atom stereocenters. The molecule has 1 aliphatic heterocycles. The number of aldehydes is 1. The highest BCUT2D eigenvalue weighted by Gasteiger charge is 2.54. The van der Waals surface area contributed by atoms with Crippen molar-refractivity contribution in [3.63, 3.8) is 0 Å². The predicted molar refractivity (Wildman–Crippen MR) is 157 cm³/mol. The molecule has 0 aliphatic carbocycles. The van der Waals surface area contributed by atoms with Crippen molar-refractivity contribution in [2.75, 3.05) is 26.9 Å². The molecule has 0 spiro atoms. The average Bonchev–Trinajstić information content (AvgIpc) is 3.48. The molecule has 0 radical (unpaired) electrons. The second-order valence-corrected chi connectivity index (χ2v) is 11.1. The van der Waals surface area contributed by atoms with E-state index in [2.05, 4.69) is 0 Å². The van der Waals surface area contributed by atoms with Crippen LogP contribution in [-0.2, 0) is 46.5 Å². The second kappa shape index (κ2) is 16.7. The van der Waals surface area contributed by atoms with Gasteiger partial charge in [0.25, 0.3) is 0 Å². The van der Waals surface area contributed by atoms with Crippen LogP contribution >= 0.6 is 0 Å². The van der Waals surface area contributed by atoms with E-state index in [4.69, 9.17) is 28.4 Å². The molecule has 2 aromatic rings. The molecule has 0 saturated carbocycles. The van der Waals surface area contributed by atoms with Gasteiger partial charge in [0.15, 0.2) is 5.79 Å². The Morgan fingerprint density at radius 2 is 1.69 bits per heavy atom. The monoisotopic (exact) mass is 586 g/mol. The standard InChI is InChI=1S/C33H46O9/c1-5-31(36)42-29(15-18-38-23-26-11-13-28(37-4)14-12-26)21-27(35)22-30(39-24-25-9-7-6-8-10-25)32(2,3)33(16-17-34)40-19-20-41-33/h6-14,17,27,29-30,35H,5,15-16,18-24H2,1-4H3/t27-,29+,30+/m1/s1. The zero-order valence-corrected chi connectivity index (χ0v) is 25.3. The van der Waals surface area contributed by atoms with Gasteiger partial charge in [-0.2, -0.15) is 0 Å². The number of esters is 1. The molecule has 0 unspecified atom stereocenters. The smallest absolute Gasteiger partial charge is 0.305 e. The molecule has 1 saturated heterocycles. The van der Waals surface area contributed by atoms with Crippen LogP contribution in [0.3, 0.4) is 0 Å². The van der Waals surface area contributed by atoms with Gasteiger partial charge in [0.1, 0.15) is 18.1 Å². The number of ether oxygens (including phenoxy) is 6. The van der Waals surface area contributed by atoms with Crippen LogP contribution in [0.4, 0.5) is 0 Å². The molecule has 0 aromatic heterocycles. The van der Waals surface area contributed by atoms with Crippen LogP contribution in [0.5, 0.6) is 5.75 Å². The third kappa shape index (κ3) is 9.61. The number of carbonyl (C=O) groups is 2. The zero-order chi connectivity index (χ0) is 30.4. The van der Waals surface area contributed by atoms with Crippen molar-refractivity contribution >= 4 is 12.3 Å². The molecule has 0 amide bonds. The second-order valence-electron chi connectivity index (χ2n) is 11.1. The van der Waals surface area contributed by atoms with Gasteiger partial charge in [0.2, 0.25) is 0 Å². The lowest BCUT2D eigenvalue weighted by Crippen LogP contribution is -2.54. The van der Waals surface area contributed by atoms with Crippen molar-refractivity contribution in [2.45, 2.75) is 90.2 Å². The Kier molecular flexibility index (Phi) is 13.4. The summed E-state index contributed by atoms with van der Waals surface area (Å²) in [7, 11) is 1.62. The zero-order valence-electron chi connectivity index (χ0n) is 25.3. The maximum Gasteiger partial charge on any atom is 0.305 e. The van der Waals surface area contributed by atoms with E-state index in [1.165, 1.54) is 0 Å². The quantitative estimate of drug-likeness (QED) is 0.138. The molecular formula is C33H46O9. The molecule has 1 aliphatic rings. The number of rotatable bonds is 19. The van der Waals surface area contributed by atoms with Gasteiger partial charge in [0.05, 0.1) is 58.8 Å². The number of carbonyl (C=O) groups excluding carboxylic acids is 2. The van der Waals surface area contributed by atoms with E-state index in [9.17, 15) is 14.7 Å².